The molecular formula is C23H31N3O4. The van der Waals surface area contributed by atoms with E-state index in [1.165, 1.54) is 5.56 Å². The van der Waals surface area contributed by atoms with Crippen molar-refractivity contribution in [1.82, 2.24) is 10.2 Å². The quantitative estimate of drug-likeness (QED) is 0.535. The number of hydrogen-bond acceptors (Lipinski definition) is 5. The largest absolute Gasteiger partial charge is 0.508 e. The van der Waals surface area contributed by atoms with Gasteiger partial charge in [0.2, 0.25) is 0 Å². The van der Waals surface area contributed by atoms with E-state index < -0.39 is 0 Å². The average molecular weight is 414 g/mol. The monoisotopic (exact) mass is 413 g/mol. The van der Waals surface area contributed by atoms with Gasteiger partial charge in [-0.25, -0.2) is 4.99 Å². The van der Waals surface area contributed by atoms with E-state index in [9.17, 15) is 5.11 Å². The third-order valence-electron chi connectivity index (χ3n) is 5.35. The summed E-state index contributed by atoms with van der Waals surface area (Å²) in [4.78, 5) is 7.03. The van der Waals surface area contributed by atoms with Crippen molar-refractivity contribution in [2.75, 3.05) is 41.0 Å². The zero-order valence-corrected chi connectivity index (χ0v) is 18.1. The second-order valence-electron chi connectivity index (χ2n) is 7.24. The summed E-state index contributed by atoms with van der Waals surface area (Å²) in [6.07, 6.45) is 1.02. The first-order chi connectivity index (χ1) is 14.6. The number of hydrogen-bond donors (Lipinski definition) is 2. The van der Waals surface area contributed by atoms with Crippen molar-refractivity contribution >= 4 is 5.96 Å². The smallest absolute Gasteiger partial charge is 0.194 e. The Morgan fingerprint density at radius 3 is 2.40 bits per heavy atom. The van der Waals surface area contributed by atoms with Crippen LogP contribution in [-0.4, -0.2) is 56.9 Å². The summed E-state index contributed by atoms with van der Waals surface area (Å²) in [6, 6.07) is 11.2. The van der Waals surface area contributed by atoms with Gasteiger partial charge in [-0.3, -0.25) is 0 Å². The van der Waals surface area contributed by atoms with Crippen molar-refractivity contribution in [2.45, 2.75) is 25.8 Å². The van der Waals surface area contributed by atoms with Crippen LogP contribution in [0.4, 0.5) is 0 Å². The Bertz CT molecular complexity index is 862. The van der Waals surface area contributed by atoms with Crippen LogP contribution in [0, 0.1) is 0 Å². The molecule has 2 aromatic carbocycles. The maximum atomic E-state index is 10.1. The fraction of sp³-hybridized carbons (Fsp3) is 0.435. The van der Waals surface area contributed by atoms with Crippen LogP contribution in [0.5, 0.6) is 23.0 Å². The van der Waals surface area contributed by atoms with E-state index in [0.717, 1.165) is 49.1 Å². The lowest BCUT2D eigenvalue weighted by atomic mass is 9.98. The van der Waals surface area contributed by atoms with Crippen molar-refractivity contribution in [2.24, 2.45) is 4.99 Å². The number of benzene rings is 2. The van der Waals surface area contributed by atoms with Gasteiger partial charge in [0, 0.05) is 37.2 Å². The number of rotatable bonds is 7. The number of methoxy groups -OCH3 is 3. The van der Waals surface area contributed by atoms with Crippen molar-refractivity contribution < 1.29 is 19.3 Å². The summed E-state index contributed by atoms with van der Waals surface area (Å²) in [5.74, 6) is 3.74. The molecule has 1 saturated heterocycles. The summed E-state index contributed by atoms with van der Waals surface area (Å²) in [7, 11) is 4.95. The first-order valence-electron chi connectivity index (χ1n) is 10.2. The lowest BCUT2D eigenvalue weighted by Gasteiger charge is -2.22. The standard InChI is InChI=1S/C23H31N3O4/c1-5-24-23(25-14-18-12-19(28-2)6-7-22(18)27)26-9-8-16(15-26)17-10-20(29-3)13-21(11-17)30-4/h6-7,10-13,16,27H,5,8-9,14-15H2,1-4H3,(H,24,25). The van der Waals surface area contributed by atoms with Gasteiger partial charge in [-0.1, -0.05) is 0 Å². The highest BCUT2D eigenvalue weighted by Crippen LogP contribution is 2.33. The molecule has 1 aliphatic heterocycles. The highest BCUT2D eigenvalue weighted by atomic mass is 16.5. The minimum absolute atomic E-state index is 0.221. The van der Waals surface area contributed by atoms with Gasteiger partial charge in [0.05, 0.1) is 27.9 Å². The van der Waals surface area contributed by atoms with Gasteiger partial charge in [-0.15, -0.1) is 0 Å². The molecule has 1 unspecified atom stereocenters. The fourth-order valence-electron chi connectivity index (χ4n) is 3.69. The first kappa shape index (κ1) is 21.6. The Labute approximate surface area is 178 Å². The maximum Gasteiger partial charge on any atom is 0.194 e. The van der Waals surface area contributed by atoms with E-state index >= 15 is 0 Å². The van der Waals surface area contributed by atoms with Crippen LogP contribution in [0.1, 0.15) is 30.4 Å². The number of ether oxygens (including phenoxy) is 3. The molecular weight excluding hydrogens is 382 g/mol. The maximum absolute atomic E-state index is 10.1. The third kappa shape index (κ3) is 5.09. The number of likely N-dealkylation sites (tertiary alicyclic amines) is 1. The zero-order valence-electron chi connectivity index (χ0n) is 18.1. The molecule has 7 heteroatoms. The van der Waals surface area contributed by atoms with Crippen LogP contribution < -0.4 is 19.5 Å². The van der Waals surface area contributed by atoms with Crippen LogP contribution in [-0.2, 0) is 6.54 Å². The molecule has 2 N–H and O–H groups in total. The molecule has 30 heavy (non-hydrogen) atoms. The van der Waals surface area contributed by atoms with Crippen LogP contribution in [0.15, 0.2) is 41.4 Å². The SMILES string of the molecule is CCNC(=NCc1cc(OC)ccc1O)N1CCC(c2cc(OC)cc(OC)c2)C1. The second kappa shape index (κ2) is 10.1. The zero-order chi connectivity index (χ0) is 21.5. The van der Waals surface area contributed by atoms with Gasteiger partial charge >= 0.3 is 0 Å². The molecule has 1 atom stereocenters. The number of phenols is 1. The number of guanidine groups is 1. The average Bonchev–Trinajstić information content (AvgIpc) is 3.27. The lowest BCUT2D eigenvalue weighted by molar-refractivity contribution is 0.392. The predicted molar refractivity (Wildman–Crippen MR) is 118 cm³/mol. The van der Waals surface area contributed by atoms with Crippen LogP contribution in [0.25, 0.3) is 0 Å². The Hall–Kier alpha value is -3.09. The molecule has 0 saturated carbocycles. The van der Waals surface area contributed by atoms with E-state index in [0.29, 0.717) is 18.2 Å². The first-order valence-corrected chi connectivity index (χ1v) is 10.2. The number of phenolic OH excluding ortho intramolecular Hbond substituents is 1. The van der Waals surface area contributed by atoms with E-state index in [1.807, 2.05) is 12.1 Å². The molecule has 1 aliphatic rings. The molecule has 1 fully saturated rings. The summed E-state index contributed by atoms with van der Waals surface area (Å²) >= 11 is 0. The number of aliphatic imine (C=N–C) groups is 1. The van der Waals surface area contributed by atoms with Crippen LogP contribution >= 0.6 is 0 Å². The summed E-state index contributed by atoms with van der Waals surface area (Å²) in [5.41, 5.74) is 1.94. The number of nitrogens with one attached hydrogen (secondary N) is 1. The fourth-order valence-corrected chi connectivity index (χ4v) is 3.69. The third-order valence-corrected chi connectivity index (χ3v) is 5.35. The van der Waals surface area contributed by atoms with Gasteiger partial charge < -0.3 is 29.5 Å². The van der Waals surface area contributed by atoms with Crippen LogP contribution in [0.2, 0.25) is 0 Å². The molecule has 0 aliphatic carbocycles. The van der Waals surface area contributed by atoms with Gasteiger partial charge in [0.1, 0.15) is 23.0 Å². The normalized spacial score (nSPS) is 16.5. The molecule has 1 heterocycles. The molecule has 0 bridgehead atoms. The minimum Gasteiger partial charge on any atom is -0.508 e. The van der Waals surface area contributed by atoms with Crippen molar-refractivity contribution in [3.05, 3.63) is 47.5 Å². The molecule has 0 spiro atoms. The van der Waals surface area contributed by atoms with Crippen LogP contribution in [0.3, 0.4) is 0 Å². The Balaban J connectivity index is 1.76. The molecule has 7 nitrogen and oxygen atoms in total. The van der Waals surface area contributed by atoms with Gasteiger partial charge in [0.15, 0.2) is 5.96 Å². The lowest BCUT2D eigenvalue weighted by Crippen LogP contribution is -2.40. The summed E-state index contributed by atoms with van der Waals surface area (Å²) in [5, 5.41) is 13.5. The highest BCUT2D eigenvalue weighted by molar-refractivity contribution is 5.80. The topological polar surface area (TPSA) is 75.6 Å². The van der Waals surface area contributed by atoms with Gasteiger partial charge in [0.25, 0.3) is 0 Å². The molecule has 0 amide bonds. The van der Waals surface area contributed by atoms with E-state index in [1.54, 1.807) is 33.5 Å². The Morgan fingerprint density at radius 1 is 1.07 bits per heavy atom. The number of aromatic hydroxyl groups is 1. The predicted octanol–water partition coefficient (Wildman–Crippen LogP) is 3.37. The molecule has 2 aromatic rings. The van der Waals surface area contributed by atoms with Crippen molar-refractivity contribution in [1.29, 1.82) is 0 Å². The van der Waals surface area contributed by atoms with E-state index in [4.69, 9.17) is 19.2 Å². The van der Waals surface area contributed by atoms with Gasteiger partial charge in [-0.05, 0) is 49.2 Å². The molecule has 3 rings (SSSR count). The van der Waals surface area contributed by atoms with E-state index in [-0.39, 0.29) is 5.75 Å². The highest BCUT2D eigenvalue weighted by Gasteiger charge is 2.27. The molecule has 162 valence electrons. The van der Waals surface area contributed by atoms with Crippen molar-refractivity contribution in [3.8, 4) is 23.0 Å². The Morgan fingerprint density at radius 2 is 1.77 bits per heavy atom. The van der Waals surface area contributed by atoms with E-state index in [2.05, 4.69) is 29.3 Å². The summed E-state index contributed by atoms with van der Waals surface area (Å²) < 4.78 is 16.1. The molecule has 0 aromatic heterocycles. The number of nitrogens with zero attached hydrogens (tertiary/aromatic N) is 2. The Kier molecular flexibility index (Phi) is 7.27. The second-order valence-corrected chi connectivity index (χ2v) is 7.24. The summed E-state index contributed by atoms with van der Waals surface area (Å²) in [6.45, 7) is 4.96. The minimum atomic E-state index is 0.221. The molecule has 0 radical (unpaired) electrons. The van der Waals surface area contributed by atoms with Crippen molar-refractivity contribution in [3.63, 3.8) is 0 Å². The van der Waals surface area contributed by atoms with Gasteiger partial charge in [-0.2, -0.15) is 0 Å².